The molecule has 2 aliphatic rings. The Labute approximate surface area is 95.1 Å². The van der Waals surface area contributed by atoms with Crippen LogP contribution in [0.2, 0.25) is 0 Å². The molecule has 15 heavy (non-hydrogen) atoms. The zero-order valence-electron chi connectivity index (χ0n) is 10.8. The Morgan fingerprint density at radius 3 is 2.80 bits per heavy atom. The van der Waals surface area contributed by atoms with Crippen LogP contribution in [-0.4, -0.2) is 0 Å². The number of hydrogen-bond acceptors (Lipinski definition) is 0. The fourth-order valence-electron chi connectivity index (χ4n) is 3.76. The Kier molecular flexibility index (Phi) is 2.96. The van der Waals surface area contributed by atoms with E-state index in [1.165, 1.54) is 32.1 Å². The third-order valence-electron chi connectivity index (χ3n) is 5.04. The predicted molar refractivity (Wildman–Crippen MR) is 66.8 cm³/mol. The first kappa shape index (κ1) is 11.2. The Morgan fingerprint density at radius 1 is 1.40 bits per heavy atom. The smallest absolute Gasteiger partial charge is 0.0257 e. The molecule has 0 radical (unpaired) electrons. The first-order chi connectivity index (χ1) is 7.01. The van der Waals surface area contributed by atoms with Crippen LogP contribution < -0.4 is 0 Å². The summed E-state index contributed by atoms with van der Waals surface area (Å²) in [5, 5.41) is 0. The third-order valence-corrected chi connectivity index (χ3v) is 5.04. The molecule has 2 rings (SSSR count). The monoisotopic (exact) mass is 206 g/mol. The molecule has 1 fully saturated rings. The van der Waals surface area contributed by atoms with E-state index in [2.05, 4.69) is 33.8 Å². The molecule has 0 bridgehead atoms. The van der Waals surface area contributed by atoms with Crippen molar-refractivity contribution in [3.8, 4) is 0 Å². The van der Waals surface area contributed by atoms with Gasteiger partial charge in [0.05, 0.1) is 0 Å². The highest BCUT2D eigenvalue weighted by Gasteiger charge is 2.41. The normalized spacial score (nSPS) is 41.3. The molecular formula is C15H26. The first-order valence-electron chi connectivity index (χ1n) is 6.67. The van der Waals surface area contributed by atoms with Gasteiger partial charge in [0.25, 0.3) is 0 Å². The molecule has 0 aromatic rings. The molecule has 0 spiro atoms. The van der Waals surface area contributed by atoms with E-state index >= 15 is 0 Å². The van der Waals surface area contributed by atoms with Crippen LogP contribution in [0.5, 0.6) is 0 Å². The number of rotatable bonds is 1. The highest BCUT2D eigenvalue weighted by Crippen LogP contribution is 2.52. The minimum atomic E-state index is 0.643. The molecule has 2 aliphatic carbocycles. The molecule has 3 unspecified atom stereocenters. The van der Waals surface area contributed by atoms with Gasteiger partial charge in [-0.15, -0.1) is 0 Å². The summed E-state index contributed by atoms with van der Waals surface area (Å²) in [5.74, 6) is 2.86. The van der Waals surface area contributed by atoms with Crippen molar-refractivity contribution in [2.75, 3.05) is 0 Å². The second-order valence-electron chi connectivity index (χ2n) is 6.59. The molecular weight excluding hydrogens is 180 g/mol. The second kappa shape index (κ2) is 3.96. The Balaban J connectivity index is 2.09. The lowest BCUT2D eigenvalue weighted by atomic mass is 9.57. The summed E-state index contributed by atoms with van der Waals surface area (Å²) in [6.45, 7) is 9.65. The van der Waals surface area contributed by atoms with Gasteiger partial charge in [-0.2, -0.15) is 0 Å². The maximum Gasteiger partial charge on any atom is -0.0257 e. The second-order valence-corrected chi connectivity index (χ2v) is 6.59. The van der Waals surface area contributed by atoms with Gasteiger partial charge in [-0.3, -0.25) is 0 Å². The molecule has 0 saturated heterocycles. The van der Waals surface area contributed by atoms with E-state index in [0.29, 0.717) is 5.41 Å². The van der Waals surface area contributed by atoms with Crippen molar-refractivity contribution in [2.24, 2.45) is 23.2 Å². The van der Waals surface area contributed by atoms with Crippen molar-refractivity contribution < 1.29 is 0 Å². The van der Waals surface area contributed by atoms with Gasteiger partial charge >= 0.3 is 0 Å². The van der Waals surface area contributed by atoms with Gasteiger partial charge in [-0.05, 0) is 62.2 Å². The highest BCUT2D eigenvalue weighted by atomic mass is 14.5. The Bertz CT molecular complexity index is 261. The predicted octanol–water partition coefficient (Wildman–Crippen LogP) is 4.81. The van der Waals surface area contributed by atoms with Crippen molar-refractivity contribution in [1.82, 2.24) is 0 Å². The van der Waals surface area contributed by atoms with E-state index in [9.17, 15) is 0 Å². The Hall–Kier alpha value is -0.260. The zero-order chi connectivity index (χ0) is 11.1. The van der Waals surface area contributed by atoms with Gasteiger partial charge in [-0.1, -0.05) is 32.4 Å². The van der Waals surface area contributed by atoms with Gasteiger partial charge < -0.3 is 0 Å². The molecule has 0 amide bonds. The lowest BCUT2D eigenvalue weighted by Gasteiger charge is -2.48. The topological polar surface area (TPSA) is 0 Å². The maximum atomic E-state index is 2.53. The molecule has 86 valence electrons. The van der Waals surface area contributed by atoms with Crippen molar-refractivity contribution in [1.29, 1.82) is 0 Å². The van der Waals surface area contributed by atoms with Crippen molar-refractivity contribution in [2.45, 2.75) is 59.8 Å². The minimum absolute atomic E-state index is 0.643. The molecule has 0 nitrogen and oxygen atoms in total. The number of fused-ring (bicyclic) bond motifs is 1. The molecule has 0 aromatic carbocycles. The van der Waals surface area contributed by atoms with Crippen LogP contribution in [-0.2, 0) is 0 Å². The van der Waals surface area contributed by atoms with Crippen LogP contribution in [0.4, 0.5) is 0 Å². The molecule has 0 heterocycles. The zero-order valence-corrected chi connectivity index (χ0v) is 10.8. The molecule has 1 saturated carbocycles. The van der Waals surface area contributed by atoms with Crippen molar-refractivity contribution in [3.63, 3.8) is 0 Å². The summed E-state index contributed by atoms with van der Waals surface area (Å²) in [4.78, 5) is 0. The van der Waals surface area contributed by atoms with E-state index in [0.717, 1.165) is 17.8 Å². The summed E-state index contributed by atoms with van der Waals surface area (Å²) in [6, 6.07) is 0. The fraction of sp³-hybridized carbons (Fsp3) is 0.867. The van der Waals surface area contributed by atoms with Crippen LogP contribution in [0.15, 0.2) is 11.6 Å². The number of allylic oxidation sites excluding steroid dienone is 2. The van der Waals surface area contributed by atoms with Crippen LogP contribution in [0, 0.1) is 23.2 Å². The Morgan fingerprint density at radius 2 is 2.13 bits per heavy atom. The molecule has 3 atom stereocenters. The third kappa shape index (κ3) is 2.14. The standard InChI is InChI=1S/C15H26/c1-11(2)13-7-8-15(4)10-12(3)5-6-14(15)9-13/h5,11,13-14H,6-10H2,1-4H3. The molecule has 0 aromatic heterocycles. The van der Waals surface area contributed by atoms with E-state index in [-0.39, 0.29) is 0 Å². The minimum Gasteiger partial charge on any atom is -0.0853 e. The van der Waals surface area contributed by atoms with Crippen molar-refractivity contribution >= 4 is 0 Å². The summed E-state index contributed by atoms with van der Waals surface area (Å²) in [7, 11) is 0. The largest absolute Gasteiger partial charge is 0.0853 e. The molecule has 0 heteroatoms. The quantitative estimate of drug-likeness (QED) is 0.540. The van der Waals surface area contributed by atoms with E-state index in [4.69, 9.17) is 0 Å². The SMILES string of the molecule is CC1=CCC2CC(C(C)C)CCC2(C)C1. The lowest BCUT2D eigenvalue weighted by Crippen LogP contribution is -2.37. The average Bonchev–Trinajstić information content (AvgIpc) is 2.15. The van der Waals surface area contributed by atoms with Crippen LogP contribution in [0.3, 0.4) is 0 Å². The van der Waals surface area contributed by atoms with Gasteiger partial charge in [0.15, 0.2) is 0 Å². The summed E-state index contributed by atoms with van der Waals surface area (Å²) >= 11 is 0. The van der Waals surface area contributed by atoms with Gasteiger partial charge in [0, 0.05) is 0 Å². The fourth-order valence-corrected chi connectivity index (χ4v) is 3.76. The van der Waals surface area contributed by atoms with E-state index < -0.39 is 0 Å². The molecule has 0 aliphatic heterocycles. The van der Waals surface area contributed by atoms with E-state index in [1.54, 1.807) is 5.57 Å². The van der Waals surface area contributed by atoms with Gasteiger partial charge in [-0.25, -0.2) is 0 Å². The highest BCUT2D eigenvalue weighted by molar-refractivity contribution is 5.11. The summed E-state index contributed by atoms with van der Waals surface area (Å²) < 4.78 is 0. The first-order valence-corrected chi connectivity index (χ1v) is 6.67. The summed E-state index contributed by atoms with van der Waals surface area (Å²) in [5.41, 5.74) is 2.28. The van der Waals surface area contributed by atoms with Gasteiger partial charge in [0.1, 0.15) is 0 Å². The van der Waals surface area contributed by atoms with Gasteiger partial charge in [0.2, 0.25) is 0 Å². The van der Waals surface area contributed by atoms with Crippen LogP contribution in [0.25, 0.3) is 0 Å². The van der Waals surface area contributed by atoms with E-state index in [1.807, 2.05) is 0 Å². The summed E-state index contributed by atoms with van der Waals surface area (Å²) in [6.07, 6.45) is 9.63. The van der Waals surface area contributed by atoms with Crippen LogP contribution >= 0.6 is 0 Å². The van der Waals surface area contributed by atoms with Crippen molar-refractivity contribution in [3.05, 3.63) is 11.6 Å². The van der Waals surface area contributed by atoms with Crippen LogP contribution in [0.1, 0.15) is 59.8 Å². The number of hydrogen-bond donors (Lipinski definition) is 0. The maximum absolute atomic E-state index is 2.53. The lowest BCUT2D eigenvalue weighted by molar-refractivity contribution is 0.0577. The average molecular weight is 206 g/mol. The molecule has 0 N–H and O–H groups in total.